The zero-order valence-electron chi connectivity index (χ0n) is 9.03. The molecule has 0 aliphatic rings. The van der Waals surface area contributed by atoms with Crippen molar-refractivity contribution in [1.82, 2.24) is 9.97 Å². The van der Waals surface area contributed by atoms with Crippen molar-refractivity contribution in [1.29, 1.82) is 0 Å². The van der Waals surface area contributed by atoms with Crippen molar-refractivity contribution in [3.05, 3.63) is 34.1 Å². The summed E-state index contributed by atoms with van der Waals surface area (Å²) in [5.74, 6) is 1.71. The van der Waals surface area contributed by atoms with E-state index in [-0.39, 0.29) is 0 Å². The number of hydrogen-bond donors (Lipinski definition) is 1. The molecule has 0 atom stereocenters. The van der Waals surface area contributed by atoms with Gasteiger partial charge in [-0.05, 0) is 29.6 Å². The van der Waals surface area contributed by atoms with E-state index in [1.807, 2.05) is 29.6 Å². The predicted octanol–water partition coefficient (Wildman–Crippen LogP) is 4.06. The van der Waals surface area contributed by atoms with Gasteiger partial charge in [0.05, 0.1) is 18.1 Å². The Hall–Kier alpha value is -1.33. The van der Waals surface area contributed by atoms with Gasteiger partial charge in [-0.15, -0.1) is 11.3 Å². The molecule has 0 saturated heterocycles. The van der Waals surface area contributed by atoms with Crippen LogP contribution < -0.4 is 4.74 Å². The Morgan fingerprint density at radius 2 is 2.24 bits per heavy atom. The smallest absolute Gasteiger partial charge is 0.152 e. The highest BCUT2D eigenvalue weighted by molar-refractivity contribution is 9.10. The van der Waals surface area contributed by atoms with Gasteiger partial charge in [0.15, 0.2) is 5.82 Å². The van der Waals surface area contributed by atoms with Crippen molar-refractivity contribution in [3.8, 4) is 16.5 Å². The standard InChI is InChI=1S/C12H9BrN2OS/c1-16-10-4-5-17-11(10)12-14-8-3-2-7(13)6-9(8)15-12/h2-6H,1H3,(H,14,15). The summed E-state index contributed by atoms with van der Waals surface area (Å²) in [7, 11) is 1.67. The topological polar surface area (TPSA) is 37.9 Å². The van der Waals surface area contributed by atoms with E-state index in [2.05, 4.69) is 25.9 Å². The van der Waals surface area contributed by atoms with Crippen LogP contribution in [0.3, 0.4) is 0 Å². The lowest BCUT2D eigenvalue weighted by Crippen LogP contribution is -1.83. The monoisotopic (exact) mass is 308 g/mol. The SMILES string of the molecule is COc1ccsc1-c1nc2ccc(Br)cc2[nH]1. The molecule has 2 aromatic heterocycles. The van der Waals surface area contributed by atoms with Crippen LogP contribution in [0.1, 0.15) is 0 Å². The number of aromatic amines is 1. The van der Waals surface area contributed by atoms with E-state index < -0.39 is 0 Å². The minimum Gasteiger partial charge on any atom is -0.495 e. The number of halogens is 1. The third kappa shape index (κ3) is 1.85. The number of benzene rings is 1. The van der Waals surface area contributed by atoms with Crippen molar-refractivity contribution in [2.24, 2.45) is 0 Å². The molecule has 0 amide bonds. The van der Waals surface area contributed by atoms with E-state index in [0.717, 1.165) is 32.0 Å². The summed E-state index contributed by atoms with van der Waals surface area (Å²) >= 11 is 5.06. The van der Waals surface area contributed by atoms with Crippen LogP contribution in [0.5, 0.6) is 5.75 Å². The lowest BCUT2D eigenvalue weighted by Gasteiger charge is -1.97. The Kier molecular flexibility index (Phi) is 2.64. The zero-order chi connectivity index (χ0) is 11.8. The molecule has 0 fully saturated rings. The molecule has 0 bridgehead atoms. The van der Waals surface area contributed by atoms with Gasteiger partial charge >= 0.3 is 0 Å². The minimum atomic E-state index is 0.852. The summed E-state index contributed by atoms with van der Waals surface area (Å²) in [6.07, 6.45) is 0. The fraction of sp³-hybridized carbons (Fsp3) is 0.0833. The number of methoxy groups -OCH3 is 1. The Balaban J connectivity index is 2.18. The van der Waals surface area contributed by atoms with Gasteiger partial charge in [-0.1, -0.05) is 15.9 Å². The molecule has 0 spiro atoms. The summed E-state index contributed by atoms with van der Waals surface area (Å²) in [6, 6.07) is 7.94. The summed E-state index contributed by atoms with van der Waals surface area (Å²) in [4.78, 5) is 8.89. The van der Waals surface area contributed by atoms with Gasteiger partial charge in [-0.3, -0.25) is 0 Å². The van der Waals surface area contributed by atoms with Crippen molar-refractivity contribution in [3.63, 3.8) is 0 Å². The van der Waals surface area contributed by atoms with Gasteiger partial charge in [-0.2, -0.15) is 0 Å². The van der Waals surface area contributed by atoms with Crippen LogP contribution >= 0.6 is 27.3 Å². The molecule has 0 radical (unpaired) electrons. The van der Waals surface area contributed by atoms with Crippen molar-refractivity contribution in [2.75, 3.05) is 7.11 Å². The van der Waals surface area contributed by atoms with Crippen LogP contribution in [0.4, 0.5) is 0 Å². The van der Waals surface area contributed by atoms with E-state index in [0.29, 0.717) is 0 Å². The molecule has 3 rings (SSSR count). The highest BCUT2D eigenvalue weighted by atomic mass is 79.9. The molecule has 3 nitrogen and oxygen atoms in total. The second-order valence-corrected chi connectivity index (χ2v) is 5.40. The first-order valence-electron chi connectivity index (χ1n) is 5.05. The molecule has 17 heavy (non-hydrogen) atoms. The van der Waals surface area contributed by atoms with Gasteiger partial charge < -0.3 is 9.72 Å². The van der Waals surface area contributed by atoms with Crippen molar-refractivity contribution >= 4 is 38.3 Å². The highest BCUT2D eigenvalue weighted by Gasteiger charge is 2.11. The molecule has 0 aliphatic heterocycles. The fourth-order valence-corrected chi connectivity index (χ4v) is 2.88. The zero-order valence-corrected chi connectivity index (χ0v) is 11.4. The van der Waals surface area contributed by atoms with E-state index in [9.17, 15) is 0 Å². The van der Waals surface area contributed by atoms with Crippen LogP contribution in [0, 0.1) is 0 Å². The molecule has 0 aliphatic carbocycles. The van der Waals surface area contributed by atoms with E-state index in [4.69, 9.17) is 4.74 Å². The van der Waals surface area contributed by atoms with Crippen molar-refractivity contribution < 1.29 is 4.74 Å². The maximum absolute atomic E-state index is 5.30. The first-order valence-corrected chi connectivity index (χ1v) is 6.72. The molecular formula is C12H9BrN2OS. The number of imidazole rings is 1. The van der Waals surface area contributed by atoms with Gasteiger partial charge in [0.1, 0.15) is 10.6 Å². The molecule has 1 N–H and O–H groups in total. The first-order chi connectivity index (χ1) is 8.28. The second kappa shape index (κ2) is 4.16. The van der Waals surface area contributed by atoms with Crippen LogP contribution in [0.25, 0.3) is 21.7 Å². The van der Waals surface area contributed by atoms with Crippen LogP contribution in [-0.4, -0.2) is 17.1 Å². The predicted molar refractivity (Wildman–Crippen MR) is 73.7 cm³/mol. The molecule has 2 heterocycles. The lowest BCUT2D eigenvalue weighted by atomic mass is 10.3. The third-order valence-corrected chi connectivity index (χ3v) is 3.90. The first kappa shape index (κ1) is 10.8. The number of nitrogens with zero attached hydrogens (tertiary/aromatic N) is 1. The second-order valence-electron chi connectivity index (χ2n) is 3.56. The quantitative estimate of drug-likeness (QED) is 0.775. The molecular weight excluding hydrogens is 300 g/mol. The number of hydrogen-bond acceptors (Lipinski definition) is 3. The molecule has 0 saturated carbocycles. The largest absolute Gasteiger partial charge is 0.495 e. The fourth-order valence-electron chi connectivity index (χ4n) is 1.72. The third-order valence-electron chi connectivity index (χ3n) is 2.51. The number of ether oxygens (including phenoxy) is 1. The minimum absolute atomic E-state index is 0.852. The number of rotatable bonds is 2. The molecule has 0 unspecified atom stereocenters. The van der Waals surface area contributed by atoms with Gasteiger partial charge in [0.25, 0.3) is 0 Å². The van der Waals surface area contributed by atoms with E-state index >= 15 is 0 Å². The van der Waals surface area contributed by atoms with Gasteiger partial charge in [-0.25, -0.2) is 4.98 Å². The highest BCUT2D eigenvalue weighted by Crippen LogP contribution is 2.34. The average Bonchev–Trinajstić information content (AvgIpc) is 2.93. The summed E-state index contributed by atoms with van der Waals surface area (Å²) < 4.78 is 6.34. The summed E-state index contributed by atoms with van der Waals surface area (Å²) in [6.45, 7) is 0. The maximum Gasteiger partial charge on any atom is 0.152 e. The maximum atomic E-state index is 5.30. The molecule has 1 aromatic carbocycles. The number of aromatic nitrogens is 2. The van der Waals surface area contributed by atoms with Crippen LogP contribution in [-0.2, 0) is 0 Å². The Labute approximate surface area is 111 Å². The summed E-state index contributed by atoms with van der Waals surface area (Å²) in [5.41, 5.74) is 1.98. The van der Waals surface area contributed by atoms with Gasteiger partial charge in [0.2, 0.25) is 0 Å². The van der Waals surface area contributed by atoms with Crippen LogP contribution in [0.15, 0.2) is 34.1 Å². The molecule has 86 valence electrons. The van der Waals surface area contributed by atoms with Crippen molar-refractivity contribution in [2.45, 2.75) is 0 Å². The van der Waals surface area contributed by atoms with Crippen LogP contribution in [0.2, 0.25) is 0 Å². The molecule has 5 heteroatoms. The Bertz CT molecular complexity index is 674. The number of nitrogens with one attached hydrogen (secondary N) is 1. The Morgan fingerprint density at radius 1 is 1.35 bits per heavy atom. The van der Waals surface area contributed by atoms with E-state index in [1.165, 1.54) is 0 Å². The number of H-pyrrole nitrogens is 1. The Morgan fingerprint density at radius 3 is 3.06 bits per heavy atom. The van der Waals surface area contributed by atoms with Gasteiger partial charge in [0, 0.05) is 4.47 Å². The normalized spacial score (nSPS) is 10.9. The molecule has 3 aromatic rings. The number of fused-ring (bicyclic) bond motifs is 1. The van der Waals surface area contributed by atoms with E-state index in [1.54, 1.807) is 18.4 Å². The average molecular weight is 309 g/mol. The summed E-state index contributed by atoms with van der Waals surface area (Å²) in [5, 5.41) is 2.00. The number of thiophene rings is 1. The lowest BCUT2D eigenvalue weighted by molar-refractivity contribution is 0.418.